The molecule has 0 atom stereocenters. The average Bonchev–Trinajstić information content (AvgIpc) is 3.28. The third-order valence-electron chi connectivity index (χ3n) is 6.00. The van der Waals surface area contributed by atoms with Crippen molar-refractivity contribution < 1.29 is 30.2 Å². The van der Waals surface area contributed by atoms with E-state index in [0.29, 0.717) is 11.5 Å². The molecule has 0 fully saturated rings. The number of hydrogen-bond donors (Lipinski definition) is 0. The Bertz CT molecular complexity index is 1840. The van der Waals surface area contributed by atoms with E-state index in [1.165, 1.54) is 0 Å². The number of aromatic nitrogens is 2. The van der Waals surface area contributed by atoms with E-state index in [4.69, 9.17) is 14.1 Å². The van der Waals surface area contributed by atoms with Gasteiger partial charge in [0, 0.05) is 28.5 Å². The van der Waals surface area contributed by atoms with Crippen molar-refractivity contribution in [3.63, 3.8) is 0 Å². The second-order valence-electron chi connectivity index (χ2n) is 8.09. The van der Waals surface area contributed by atoms with Crippen LogP contribution >= 0.6 is 0 Å². The molecule has 168 valence electrons. The number of benzene rings is 4. The van der Waals surface area contributed by atoms with Crippen molar-refractivity contribution in [2.24, 2.45) is 0 Å². The van der Waals surface area contributed by atoms with Gasteiger partial charge in [0.1, 0.15) is 5.58 Å². The maximum atomic E-state index is 6.16. The number of pyridine rings is 2. The summed E-state index contributed by atoms with van der Waals surface area (Å²) < 4.78 is 12.2. The molecular weight excluding hydrogens is 615 g/mol. The van der Waals surface area contributed by atoms with Crippen LogP contribution in [0.3, 0.4) is 0 Å². The quantitative estimate of drug-likeness (QED) is 0.148. The van der Waals surface area contributed by atoms with Gasteiger partial charge >= 0.3 is 21.1 Å². The first kappa shape index (κ1) is 21.5. The topological polar surface area (TPSA) is 48.2 Å². The van der Waals surface area contributed by atoms with Gasteiger partial charge in [-0.2, -0.15) is 0 Å². The van der Waals surface area contributed by atoms with Crippen molar-refractivity contribution in [2.45, 2.75) is 0 Å². The summed E-state index contributed by atoms with van der Waals surface area (Å²) in [6.07, 6.45) is 3.56. The first-order chi connectivity index (χ1) is 16.8. The zero-order valence-electron chi connectivity index (χ0n) is 18.3. The van der Waals surface area contributed by atoms with Gasteiger partial charge in [0.25, 0.3) is 0 Å². The first-order valence-electron chi connectivity index (χ1n) is 11.0. The van der Waals surface area contributed by atoms with Crippen LogP contribution in [0.5, 0.6) is 11.5 Å². The van der Waals surface area contributed by atoms with Crippen LogP contribution in [0.25, 0.3) is 54.9 Å². The number of ether oxygens (including phenoxy) is 1. The normalized spacial score (nSPS) is 11.2. The smallest absolute Gasteiger partial charge is 0.497 e. The molecule has 35 heavy (non-hydrogen) atoms. The van der Waals surface area contributed by atoms with Crippen LogP contribution in [0, 0.1) is 12.1 Å². The van der Waals surface area contributed by atoms with Crippen LogP contribution in [0.2, 0.25) is 0 Å². The molecule has 0 saturated heterocycles. The van der Waals surface area contributed by atoms with Crippen molar-refractivity contribution in [1.29, 1.82) is 0 Å². The number of furan rings is 1. The number of nitrogens with zero attached hydrogens (tertiary/aromatic N) is 2. The molecule has 0 saturated carbocycles. The molecule has 3 aromatic heterocycles. The zero-order chi connectivity index (χ0) is 22.5. The Hall–Kier alpha value is -4.01. The Morgan fingerprint density at radius 2 is 1.54 bits per heavy atom. The summed E-state index contributed by atoms with van der Waals surface area (Å²) in [6.45, 7) is 0. The second kappa shape index (κ2) is 8.65. The molecule has 0 radical (unpaired) electrons. The van der Waals surface area contributed by atoms with Crippen LogP contribution in [0.4, 0.5) is 0 Å². The molecule has 0 N–H and O–H groups in total. The fourth-order valence-electron chi connectivity index (χ4n) is 4.46. The largest absolute Gasteiger partial charge is 2.00 e. The van der Waals surface area contributed by atoms with Crippen molar-refractivity contribution in [3.05, 3.63) is 109 Å². The van der Waals surface area contributed by atoms with E-state index in [9.17, 15) is 0 Å². The molecule has 0 aliphatic heterocycles. The second-order valence-corrected chi connectivity index (χ2v) is 8.09. The van der Waals surface area contributed by atoms with E-state index in [-0.39, 0.29) is 21.1 Å². The number of hydrogen-bond acceptors (Lipinski definition) is 4. The van der Waals surface area contributed by atoms with Gasteiger partial charge in [0.15, 0.2) is 5.58 Å². The van der Waals surface area contributed by atoms with Gasteiger partial charge in [-0.15, -0.1) is 46.7 Å². The molecule has 7 rings (SSSR count). The molecule has 0 aliphatic rings. The van der Waals surface area contributed by atoms with Crippen LogP contribution in [-0.2, 0) is 21.1 Å². The molecule has 0 spiro atoms. The number of rotatable bonds is 3. The van der Waals surface area contributed by atoms with Gasteiger partial charge < -0.3 is 19.1 Å². The Morgan fingerprint density at radius 1 is 0.686 bits per heavy atom. The summed E-state index contributed by atoms with van der Waals surface area (Å²) in [5.74, 6) is 1.21. The molecule has 0 bridgehead atoms. The Morgan fingerprint density at radius 3 is 2.46 bits per heavy atom. The number of para-hydroxylation sites is 1. The van der Waals surface area contributed by atoms with Crippen molar-refractivity contribution in [2.75, 3.05) is 0 Å². The zero-order valence-corrected chi connectivity index (χ0v) is 20.5. The van der Waals surface area contributed by atoms with E-state index in [2.05, 4.69) is 35.3 Å². The molecule has 0 amide bonds. The van der Waals surface area contributed by atoms with Gasteiger partial charge in [-0.3, -0.25) is 0 Å². The first-order valence-corrected chi connectivity index (χ1v) is 11.0. The van der Waals surface area contributed by atoms with Gasteiger partial charge in [-0.05, 0) is 28.7 Å². The van der Waals surface area contributed by atoms with Crippen LogP contribution in [0.15, 0.2) is 102 Å². The summed E-state index contributed by atoms with van der Waals surface area (Å²) in [5.41, 5.74) is 4.23. The summed E-state index contributed by atoms with van der Waals surface area (Å²) >= 11 is 0. The molecule has 0 aliphatic carbocycles. The van der Waals surface area contributed by atoms with Crippen LogP contribution in [-0.4, -0.2) is 9.97 Å². The van der Waals surface area contributed by atoms with Crippen molar-refractivity contribution in [1.82, 2.24) is 9.97 Å². The van der Waals surface area contributed by atoms with Crippen molar-refractivity contribution in [3.8, 4) is 22.8 Å². The predicted molar refractivity (Wildman–Crippen MR) is 134 cm³/mol. The fourth-order valence-corrected chi connectivity index (χ4v) is 4.46. The van der Waals surface area contributed by atoms with Crippen molar-refractivity contribution >= 4 is 43.6 Å². The van der Waals surface area contributed by atoms with Gasteiger partial charge in [-0.25, -0.2) is 0 Å². The maximum absolute atomic E-state index is 6.16. The van der Waals surface area contributed by atoms with Crippen LogP contribution in [0.1, 0.15) is 0 Å². The molecular formula is C30H16N2O2Pt. The molecule has 0 unspecified atom stereocenters. The minimum atomic E-state index is 0. The molecule has 7 aromatic rings. The summed E-state index contributed by atoms with van der Waals surface area (Å²) in [5, 5.41) is 5.14. The standard InChI is InChI=1S/C30H16N2O2.Pt/c1-2-10-27-23(8-1)29-24-14-12-19-11-13-22(17-25(19)30(24)32-18-28(29)34-27)33-21-7-5-6-20(16-21)26-9-3-4-15-31-26;/h1-15,18H;/q-2;+2. The SMILES string of the molecule is [Pt+2].[c-]1c(Oc2[c-]c3c(cc2)ccc2c3ncc3oc4ccccc4c32)cccc1-c1ccccn1. The minimum absolute atomic E-state index is 0. The van der Waals surface area contributed by atoms with E-state index >= 15 is 0 Å². The maximum Gasteiger partial charge on any atom is 2.00 e. The molecule has 4 aromatic carbocycles. The van der Waals surface area contributed by atoms with Gasteiger partial charge in [-0.1, -0.05) is 54.6 Å². The van der Waals surface area contributed by atoms with Gasteiger partial charge in [0.05, 0.1) is 6.20 Å². The van der Waals surface area contributed by atoms with E-state index in [1.54, 1.807) is 12.4 Å². The summed E-state index contributed by atoms with van der Waals surface area (Å²) in [4.78, 5) is 9.14. The van der Waals surface area contributed by atoms with E-state index in [1.807, 2.05) is 66.7 Å². The summed E-state index contributed by atoms with van der Waals surface area (Å²) in [6, 6.07) is 34.5. The molecule has 4 nitrogen and oxygen atoms in total. The van der Waals surface area contributed by atoms with Crippen LogP contribution < -0.4 is 4.74 Å². The average molecular weight is 632 g/mol. The van der Waals surface area contributed by atoms with Gasteiger partial charge in [0.2, 0.25) is 0 Å². The van der Waals surface area contributed by atoms with E-state index < -0.39 is 0 Å². The minimum Gasteiger partial charge on any atom is -0.497 e. The predicted octanol–water partition coefficient (Wildman–Crippen LogP) is 7.74. The summed E-state index contributed by atoms with van der Waals surface area (Å²) in [7, 11) is 0. The Balaban J connectivity index is 0.00000229. The molecule has 3 heterocycles. The monoisotopic (exact) mass is 631 g/mol. The molecule has 5 heteroatoms. The Labute approximate surface area is 215 Å². The Kier molecular flexibility index (Phi) is 5.32. The third-order valence-corrected chi connectivity index (χ3v) is 6.00. The third kappa shape index (κ3) is 3.67. The van der Waals surface area contributed by atoms with E-state index in [0.717, 1.165) is 54.9 Å². The number of fused-ring (bicyclic) bond motifs is 7. The fraction of sp³-hybridized carbons (Fsp3) is 0.